The van der Waals surface area contributed by atoms with Crippen LogP contribution in [0.5, 0.6) is 0 Å². The number of unbranched alkanes of at least 4 members (excludes halogenated alkanes) is 1. The number of nitrogens with zero attached hydrogens (tertiary/aromatic N) is 1. The van der Waals surface area contributed by atoms with E-state index in [2.05, 4.69) is 10.6 Å². The van der Waals surface area contributed by atoms with Gasteiger partial charge in [-0.1, -0.05) is 75.2 Å². The van der Waals surface area contributed by atoms with Crippen molar-refractivity contribution in [2.45, 2.75) is 102 Å². The first-order valence-electron chi connectivity index (χ1n) is 16.3. The first-order chi connectivity index (χ1) is 22.1. The van der Waals surface area contributed by atoms with Gasteiger partial charge in [-0.05, 0) is 62.6 Å². The Hall–Kier alpha value is -4.25. The third-order valence-corrected chi connectivity index (χ3v) is 8.35. The number of nitrogens with two attached hydrogens (primary N) is 1. The van der Waals surface area contributed by atoms with Crippen molar-refractivity contribution in [2.24, 2.45) is 5.73 Å². The minimum atomic E-state index is -1.31. The summed E-state index contributed by atoms with van der Waals surface area (Å²) in [4.78, 5) is 66.6. The molecule has 3 amide bonds. The maximum absolute atomic E-state index is 14.1. The predicted molar refractivity (Wildman–Crippen MR) is 174 cm³/mol. The lowest BCUT2D eigenvalue weighted by atomic mass is 9.86. The minimum absolute atomic E-state index is 0.172. The topological polar surface area (TPSA) is 168 Å². The number of esters is 1. The number of carboxylic acids is 1. The second-order valence-electron chi connectivity index (χ2n) is 11.9. The zero-order valence-electron chi connectivity index (χ0n) is 26.9. The zero-order valence-corrected chi connectivity index (χ0v) is 26.9. The van der Waals surface area contributed by atoms with Gasteiger partial charge in [0.2, 0.25) is 17.7 Å². The van der Waals surface area contributed by atoms with Gasteiger partial charge in [0.05, 0.1) is 18.2 Å². The molecule has 11 nitrogen and oxygen atoms in total. The summed E-state index contributed by atoms with van der Waals surface area (Å²) in [5.41, 5.74) is 6.23. The van der Waals surface area contributed by atoms with E-state index in [1.54, 1.807) is 24.3 Å². The molecule has 0 bridgehead atoms. The summed E-state index contributed by atoms with van der Waals surface area (Å²) in [6, 6.07) is 15.0. The summed E-state index contributed by atoms with van der Waals surface area (Å²) >= 11 is 0. The van der Waals surface area contributed by atoms with Crippen LogP contribution in [0.4, 0.5) is 0 Å². The normalized spacial score (nSPS) is 15.9. The van der Waals surface area contributed by atoms with Gasteiger partial charge >= 0.3 is 11.9 Å². The number of rotatable bonds is 18. The monoisotopic (exact) mass is 636 g/mol. The molecule has 0 saturated carbocycles. The highest BCUT2D eigenvalue weighted by Gasteiger charge is 2.43. The summed E-state index contributed by atoms with van der Waals surface area (Å²) in [6.45, 7) is 4.31. The van der Waals surface area contributed by atoms with Crippen molar-refractivity contribution in [2.75, 3.05) is 13.2 Å². The molecular weight excluding hydrogens is 588 g/mol. The summed E-state index contributed by atoms with van der Waals surface area (Å²) in [7, 11) is 0. The molecule has 0 aliphatic carbocycles. The van der Waals surface area contributed by atoms with E-state index in [-0.39, 0.29) is 13.0 Å². The van der Waals surface area contributed by atoms with E-state index in [9.17, 15) is 29.1 Å². The molecule has 0 unspecified atom stereocenters. The molecular formula is C35H48N4O7. The molecule has 5 N–H and O–H groups in total. The maximum Gasteiger partial charge on any atom is 0.338 e. The third-order valence-electron chi connectivity index (χ3n) is 8.35. The van der Waals surface area contributed by atoms with Crippen LogP contribution in [0.1, 0.15) is 87.6 Å². The smallest absolute Gasteiger partial charge is 0.338 e. The number of carbonyl (C=O) groups is 5. The second kappa shape index (κ2) is 18.0. The van der Waals surface area contributed by atoms with Crippen molar-refractivity contribution in [1.29, 1.82) is 0 Å². The molecule has 2 aromatic rings. The van der Waals surface area contributed by atoms with Crippen LogP contribution in [0, 0.1) is 0 Å². The molecule has 1 saturated heterocycles. The van der Waals surface area contributed by atoms with Crippen molar-refractivity contribution in [3.05, 3.63) is 71.8 Å². The largest absolute Gasteiger partial charge is 0.480 e. The molecule has 1 fully saturated rings. The van der Waals surface area contributed by atoms with Crippen molar-refractivity contribution >= 4 is 29.7 Å². The predicted octanol–water partition coefficient (Wildman–Crippen LogP) is 3.60. The molecule has 250 valence electrons. The Bertz CT molecular complexity index is 1300. The average Bonchev–Trinajstić information content (AvgIpc) is 3.55. The number of nitrogens with one attached hydrogen (secondary N) is 2. The van der Waals surface area contributed by atoms with Crippen LogP contribution in [0.15, 0.2) is 60.7 Å². The Kier molecular flexibility index (Phi) is 14.2. The number of aliphatic carboxylic acids is 1. The van der Waals surface area contributed by atoms with Crippen molar-refractivity contribution in [3.63, 3.8) is 0 Å². The standard InChI is InChI=1S/C35H48N4O7/c1-3-20-35(21-4-2,38-30(40)27(36)18-11-12-23-46-33(44)26-16-9-6-10-17-26)34(45)37-28(24-25-14-7-5-8-15-25)31(41)39-22-13-19-29(39)32(42)43/h5-10,14-17,27-29H,3-4,11-13,18-24,36H2,1-2H3,(H,37,45)(H,38,40)(H,42,43)/t27-,28-,29+/m0/s1. The van der Waals surface area contributed by atoms with E-state index in [0.717, 1.165) is 5.56 Å². The molecule has 0 spiro atoms. The quantitative estimate of drug-likeness (QED) is 0.142. The van der Waals surface area contributed by atoms with Gasteiger partial charge in [-0.2, -0.15) is 0 Å². The Labute approximate surface area is 271 Å². The van der Waals surface area contributed by atoms with Gasteiger partial charge in [0.25, 0.3) is 0 Å². The van der Waals surface area contributed by atoms with E-state index in [4.69, 9.17) is 10.5 Å². The first kappa shape index (κ1) is 36.2. The van der Waals surface area contributed by atoms with E-state index < -0.39 is 53.3 Å². The number of carboxylic acid groups (broad SMARTS) is 1. The Morgan fingerprint density at radius 3 is 2.22 bits per heavy atom. The molecule has 0 radical (unpaired) electrons. The number of ether oxygens (including phenoxy) is 1. The number of hydrogen-bond acceptors (Lipinski definition) is 7. The molecule has 11 heteroatoms. The fraction of sp³-hybridized carbons (Fsp3) is 0.514. The highest BCUT2D eigenvalue weighted by atomic mass is 16.5. The Balaban J connectivity index is 1.68. The van der Waals surface area contributed by atoms with Gasteiger partial charge in [0.15, 0.2) is 0 Å². The van der Waals surface area contributed by atoms with Gasteiger partial charge in [0.1, 0.15) is 17.6 Å². The molecule has 1 heterocycles. The first-order valence-corrected chi connectivity index (χ1v) is 16.3. The van der Waals surface area contributed by atoms with Gasteiger partial charge in [0, 0.05) is 13.0 Å². The lowest BCUT2D eigenvalue weighted by molar-refractivity contribution is -0.149. The fourth-order valence-electron chi connectivity index (χ4n) is 5.97. The lowest BCUT2D eigenvalue weighted by Gasteiger charge is -2.36. The molecule has 46 heavy (non-hydrogen) atoms. The van der Waals surface area contributed by atoms with Crippen LogP contribution in [-0.2, 0) is 30.3 Å². The van der Waals surface area contributed by atoms with Crippen LogP contribution in [0.25, 0.3) is 0 Å². The summed E-state index contributed by atoms with van der Waals surface area (Å²) in [6.07, 6.45) is 4.29. The Morgan fingerprint density at radius 1 is 0.978 bits per heavy atom. The van der Waals surface area contributed by atoms with Crippen LogP contribution < -0.4 is 16.4 Å². The van der Waals surface area contributed by atoms with Crippen molar-refractivity contribution in [1.82, 2.24) is 15.5 Å². The van der Waals surface area contributed by atoms with Gasteiger partial charge in [-0.25, -0.2) is 9.59 Å². The maximum atomic E-state index is 14.1. The van der Waals surface area contributed by atoms with Gasteiger partial charge in [-0.3, -0.25) is 14.4 Å². The molecule has 3 atom stereocenters. The van der Waals surface area contributed by atoms with E-state index in [1.807, 2.05) is 50.2 Å². The van der Waals surface area contributed by atoms with E-state index in [0.29, 0.717) is 69.9 Å². The third kappa shape index (κ3) is 10.1. The summed E-state index contributed by atoms with van der Waals surface area (Å²) in [5.74, 6) is -2.91. The van der Waals surface area contributed by atoms with Crippen LogP contribution in [-0.4, -0.2) is 76.5 Å². The molecule has 3 rings (SSSR count). The molecule has 2 aromatic carbocycles. The number of carbonyl (C=O) groups excluding carboxylic acids is 4. The number of hydrogen-bond donors (Lipinski definition) is 4. The highest BCUT2D eigenvalue weighted by Crippen LogP contribution is 2.24. The van der Waals surface area contributed by atoms with E-state index in [1.165, 1.54) is 4.90 Å². The van der Waals surface area contributed by atoms with Crippen molar-refractivity contribution in [3.8, 4) is 0 Å². The minimum Gasteiger partial charge on any atom is -0.480 e. The highest BCUT2D eigenvalue weighted by molar-refractivity contribution is 5.96. The average molecular weight is 637 g/mol. The number of amides is 3. The molecule has 1 aliphatic heterocycles. The molecule has 0 aromatic heterocycles. The zero-order chi connectivity index (χ0) is 33.5. The molecule has 1 aliphatic rings. The lowest BCUT2D eigenvalue weighted by Crippen LogP contribution is -2.64. The van der Waals surface area contributed by atoms with E-state index >= 15 is 0 Å². The van der Waals surface area contributed by atoms with Crippen molar-refractivity contribution < 1.29 is 33.8 Å². The second-order valence-corrected chi connectivity index (χ2v) is 11.9. The Morgan fingerprint density at radius 2 is 1.61 bits per heavy atom. The van der Waals surface area contributed by atoms with Gasteiger partial charge < -0.3 is 31.1 Å². The summed E-state index contributed by atoms with van der Waals surface area (Å²) < 4.78 is 5.30. The SMILES string of the molecule is CCCC(CCC)(NC(=O)[C@@H](N)CCCCOC(=O)c1ccccc1)C(=O)N[C@@H](Cc1ccccc1)C(=O)N1CCC[C@@H]1C(=O)O. The number of likely N-dealkylation sites (tertiary alicyclic amines) is 1. The van der Waals surface area contributed by atoms with Crippen LogP contribution in [0.3, 0.4) is 0 Å². The number of benzene rings is 2. The summed E-state index contributed by atoms with van der Waals surface area (Å²) in [5, 5.41) is 15.6. The fourth-order valence-corrected chi connectivity index (χ4v) is 5.97. The van der Waals surface area contributed by atoms with Gasteiger partial charge in [-0.15, -0.1) is 0 Å². The van der Waals surface area contributed by atoms with Crippen LogP contribution >= 0.6 is 0 Å². The van der Waals surface area contributed by atoms with Crippen LogP contribution in [0.2, 0.25) is 0 Å².